The predicted molar refractivity (Wildman–Crippen MR) is 89.7 cm³/mol. The summed E-state index contributed by atoms with van der Waals surface area (Å²) in [6, 6.07) is 9.82. The molecule has 0 saturated carbocycles. The van der Waals surface area contributed by atoms with Crippen molar-refractivity contribution in [2.75, 3.05) is 13.7 Å². The van der Waals surface area contributed by atoms with Crippen LogP contribution in [0.1, 0.15) is 26.6 Å². The molecule has 0 aliphatic carbocycles. The number of furan rings is 1. The number of nitrogens with zero attached hydrogens (tertiary/aromatic N) is 1. The van der Waals surface area contributed by atoms with Gasteiger partial charge in [-0.25, -0.2) is 0 Å². The van der Waals surface area contributed by atoms with Crippen LogP contribution in [0, 0.1) is 0 Å². The van der Waals surface area contributed by atoms with Gasteiger partial charge in [-0.05, 0) is 29.5 Å². The second kappa shape index (κ2) is 5.83. The van der Waals surface area contributed by atoms with Crippen LogP contribution in [-0.4, -0.2) is 24.5 Å². The molecule has 23 heavy (non-hydrogen) atoms. The summed E-state index contributed by atoms with van der Waals surface area (Å²) in [6.45, 7) is 1.76. The van der Waals surface area contributed by atoms with E-state index in [1.54, 1.807) is 18.4 Å². The molecule has 5 heteroatoms. The minimum Gasteiger partial charge on any atom is -0.451 e. The SMILES string of the molecule is COCc1c(C(=O)N2CCc3sccc3C2)oc2ccccc12. The molecule has 1 aliphatic heterocycles. The molecule has 0 fully saturated rings. The van der Waals surface area contributed by atoms with Crippen LogP contribution in [0.3, 0.4) is 0 Å². The van der Waals surface area contributed by atoms with Gasteiger partial charge < -0.3 is 14.1 Å². The van der Waals surface area contributed by atoms with Crippen molar-refractivity contribution in [3.63, 3.8) is 0 Å². The van der Waals surface area contributed by atoms with Gasteiger partial charge >= 0.3 is 0 Å². The molecule has 0 unspecified atom stereocenters. The first-order chi connectivity index (χ1) is 11.3. The molecule has 118 valence electrons. The molecule has 1 amide bonds. The van der Waals surface area contributed by atoms with E-state index in [1.807, 2.05) is 29.2 Å². The maximum absolute atomic E-state index is 13.0. The van der Waals surface area contributed by atoms with E-state index in [-0.39, 0.29) is 5.91 Å². The fourth-order valence-corrected chi connectivity index (χ4v) is 4.01. The lowest BCUT2D eigenvalue weighted by molar-refractivity contribution is 0.0699. The maximum Gasteiger partial charge on any atom is 0.290 e. The van der Waals surface area contributed by atoms with Gasteiger partial charge in [0.25, 0.3) is 5.91 Å². The lowest BCUT2D eigenvalue weighted by Crippen LogP contribution is -2.35. The molecule has 4 rings (SSSR count). The van der Waals surface area contributed by atoms with Crippen LogP contribution in [0.25, 0.3) is 11.0 Å². The zero-order chi connectivity index (χ0) is 15.8. The van der Waals surface area contributed by atoms with Crippen LogP contribution in [0.15, 0.2) is 40.1 Å². The van der Waals surface area contributed by atoms with E-state index in [0.717, 1.165) is 29.5 Å². The normalized spacial score (nSPS) is 14.2. The van der Waals surface area contributed by atoms with Gasteiger partial charge in [-0.15, -0.1) is 11.3 Å². The first kappa shape index (κ1) is 14.5. The number of hydrogen-bond acceptors (Lipinski definition) is 4. The van der Waals surface area contributed by atoms with Crippen LogP contribution in [0.2, 0.25) is 0 Å². The first-order valence-electron chi connectivity index (χ1n) is 7.62. The molecular formula is C18H17NO3S. The molecule has 0 saturated heterocycles. The fraction of sp³-hybridized carbons (Fsp3) is 0.278. The van der Waals surface area contributed by atoms with Crippen molar-refractivity contribution >= 4 is 28.2 Å². The molecule has 2 aromatic heterocycles. The van der Waals surface area contributed by atoms with Gasteiger partial charge in [-0.1, -0.05) is 18.2 Å². The Balaban J connectivity index is 1.71. The molecule has 0 N–H and O–H groups in total. The number of ether oxygens (including phenoxy) is 1. The molecule has 1 aliphatic rings. The zero-order valence-electron chi connectivity index (χ0n) is 12.9. The van der Waals surface area contributed by atoms with Crippen molar-refractivity contribution < 1.29 is 13.9 Å². The van der Waals surface area contributed by atoms with Gasteiger partial charge in [-0.2, -0.15) is 0 Å². The summed E-state index contributed by atoms with van der Waals surface area (Å²) in [7, 11) is 1.63. The van der Waals surface area contributed by atoms with Crippen LogP contribution in [0.4, 0.5) is 0 Å². The molecule has 3 heterocycles. The van der Waals surface area contributed by atoms with Gasteiger partial charge in [0.15, 0.2) is 5.76 Å². The van der Waals surface area contributed by atoms with Crippen LogP contribution >= 0.6 is 11.3 Å². The number of fused-ring (bicyclic) bond motifs is 2. The van der Waals surface area contributed by atoms with E-state index in [9.17, 15) is 4.79 Å². The van der Waals surface area contributed by atoms with E-state index >= 15 is 0 Å². The Morgan fingerprint density at radius 2 is 2.22 bits per heavy atom. The summed E-state index contributed by atoms with van der Waals surface area (Å²) in [5, 5.41) is 3.04. The van der Waals surface area contributed by atoms with Gasteiger partial charge in [0.1, 0.15) is 5.58 Å². The number of hydrogen-bond donors (Lipinski definition) is 0. The lowest BCUT2D eigenvalue weighted by Gasteiger charge is -2.26. The average Bonchev–Trinajstić information content (AvgIpc) is 3.19. The third-order valence-electron chi connectivity index (χ3n) is 4.28. The lowest BCUT2D eigenvalue weighted by atomic mass is 10.1. The highest BCUT2D eigenvalue weighted by Crippen LogP contribution is 2.30. The molecule has 0 spiro atoms. The van der Waals surface area contributed by atoms with Crippen molar-refractivity contribution in [1.82, 2.24) is 4.90 Å². The predicted octanol–water partition coefficient (Wildman–Crippen LogP) is 3.84. The largest absolute Gasteiger partial charge is 0.451 e. The van der Waals surface area contributed by atoms with Crippen LogP contribution < -0.4 is 0 Å². The Morgan fingerprint density at radius 3 is 3.09 bits per heavy atom. The fourth-order valence-electron chi connectivity index (χ4n) is 3.12. The number of carbonyl (C=O) groups is 1. The van der Waals surface area contributed by atoms with Gasteiger partial charge in [-0.3, -0.25) is 4.79 Å². The summed E-state index contributed by atoms with van der Waals surface area (Å²) in [5.41, 5.74) is 2.82. The van der Waals surface area contributed by atoms with Crippen molar-refractivity contribution in [2.45, 2.75) is 19.6 Å². The maximum atomic E-state index is 13.0. The Labute approximate surface area is 138 Å². The molecule has 0 bridgehead atoms. The topological polar surface area (TPSA) is 42.7 Å². The number of carbonyl (C=O) groups excluding carboxylic acids is 1. The smallest absolute Gasteiger partial charge is 0.290 e. The van der Waals surface area contributed by atoms with E-state index in [0.29, 0.717) is 18.9 Å². The van der Waals surface area contributed by atoms with Crippen LogP contribution in [0.5, 0.6) is 0 Å². The second-order valence-electron chi connectivity index (χ2n) is 5.68. The summed E-state index contributed by atoms with van der Waals surface area (Å²) in [5.74, 6) is 0.358. The number of benzene rings is 1. The highest BCUT2D eigenvalue weighted by Gasteiger charge is 2.28. The summed E-state index contributed by atoms with van der Waals surface area (Å²) in [6.07, 6.45) is 0.915. The monoisotopic (exact) mass is 327 g/mol. The standard InChI is InChI=1S/C18H17NO3S/c1-21-11-14-13-4-2-3-5-15(13)22-17(14)18(20)19-8-6-16-12(10-19)7-9-23-16/h2-5,7,9H,6,8,10-11H2,1H3. The van der Waals surface area contributed by atoms with E-state index < -0.39 is 0 Å². The zero-order valence-corrected chi connectivity index (χ0v) is 13.7. The number of rotatable bonds is 3. The Hall–Kier alpha value is -2.11. The second-order valence-corrected chi connectivity index (χ2v) is 6.69. The van der Waals surface area contributed by atoms with Crippen molar-refractivity contribution in [3.8, 4) is 0 Å². The Bertz CT molecular complexity index is 864. The highest BCUT2D eigenvalue weighted by atomic mass is 32.1. The van der Waals surface area contributed by atoms with Gasteiger partial charge in [0.2, 0.25) is 0 Å². The van der Waals surface area contributed by atoms with E-state index in [1.165, 1.54) is 10.4 Å². The number of amides is 1. The molecule has 4 nitrogen and oxygen atoms in total. The van der Waals surface area contributed by atoms with Crippen molar-refractivity contribution in [1.29, 1.82) is 0 Å². The average molecular weight is 327 g/mol. The molecule has 3 aromatic rings. The summed E-state index contributed by atoms with van der Waals surface area (Å²) in [4.78, 5) is 16.2. The third kappa shape index (κ3) is 2.46. The van der Waals surface area contributed by atoms with Gasteiger partial charge in [0.05, 0.1) is 6.61 Å². The first-order valence-corrected chi connectivity index (χ1v) is 8.49. The minimum atomic E-state index is -0.0508. The van der Waals surface area contributed by atoms with E-state index in [2.05, 4.69) is 11.4 Å². The minimum absolute atomic E-state index is 0.0508. The number of thiophene rings is 1. The summed E-state index contributed by atoms with van der Waals surface area (Å²) < 4.78 is 11.2. The third-order valence-corrected chi connectivity index (χ3v) is 5.30. The Morgan fingerprint density at radius 1 is 1.35 bits per heavy atom. The van der Waals surface area contributed by atoms with Gasteiger partial charge in [0, 0.05) is 36.0 Å². The summed E-state index contributed by atoms with van der Waals surface area (Å²) >= 11 is 1.77. The quantitative estimate of drug-likeness (QED) is 0.734. The molecule has 0 radical (unpaired) electrons. The van der Waals surface area contributed by atoms with Crippen molar-refractivity contribution in [2.24, 2.45) is 0 Å². The number of methoxy groups -OCH3 is 1. The van der Waals surface area contributed by atoms with Crippen LogP contribution in [-0.2, 0) is 24.3 Å². The Kier molecular flexibility index (Phi) is 3.67. The highest BCUT2D eigenvalue weighted by molar-refractivity contribution is 7.10. The van der Waals surface area contributed by atoms with E-state index in [4.69, 9.17) is 9.15 Å². The molecule has 0 atom stereocenters. The number of para-hydroxylation sites is 1. The molecular weight excluding hydrogens is 310 g/mol. The molecule has 1 aromatic carbocycles. The van der Waals surface area contributed by atoms with Crippen molar-refractivity contribution in [3.05, 3.63) is 57.5 Å².